The number of rotatable bonds is 9. The number of para-hydroxylation sites is 1. The van der Waals surface area contributed by atoms with E-state index >= 15 is 0 Å². The quantitative estimate of drug-likeness (QED) is 0.529. The van der Waals surface area contributed by atoms with Crippen LogP contribution in [0.15, 0.2) is 48.7 Å². The molecule has 1 heterocycles. The normalized spacial score (nSPS) is 10.5. The fourth-order valence-electron chi connectivity index (χ4n) is 2.75. The number of hydrogen-bond donors (Lipinski definition) is 1. The Morgan fingerprint density at radius 1 is 1.07 bits per heavy atom. The Kier molecular flexibility index (Phi) is 7.43. The average molecular weight is 450 g/mol. The summed E-state index contributed by atoms with van der Waals surface area (Å²) in [7, 11) is 3.17. The van der Waals surface area contributed by atoms with E-state index in [1.165, 1.54) is 4.68 Å². The molecule has 3 rings (SSSR count). The summed E-state index contributed by atoms with van der Waals surface area (Å²) in [6.07, 6.45) is 2.29. The SMILES string of the molecule is COc1ccc(CCNC(=O)c2ccn(COc3c(Cl)cccc3Cl)n2)cc1OC. The van der Waals surface area contributed by atoms with Crippen LogP contribution < -0.4 is 19.5 Å². The van der Waals surface area contributed by atoms with Crippen LogP contribution in [0.2, 0.25) is 10.0 Å². The van der Waals surface area contributed by atoms with Gasteiger partial charge in [0.1, 0.15) is 5.69 Å². The summed E-state index contributed by atoms with van der Waals surface area (Å²) >= 11 is 12.2. The second kappa shape index (κ2) is 10.2. The summed E-state index contributed by atoms with van der Waals surface area (Å²) in [4.78, 5) is 12.3. The van der Waals surface area contributed by atoms with Crippen molar-refractivity contribution in [2.24, 2.45) is 0 Å². The molecule has 0 aliphatic rings. The lowest BCUT2D eigenvalue weighted by Crippen LogP contribution is -2.26. The maximum atomic E-state index is 12.3. The number of hydrogen-bond acceptors (Lipinski definition) is 5. The van der Waals surface area contributed by atoms with Crippen LogP contribution in [0.3, 0.4) is 0 Å². The summed E-state index contributed by atoms with van der Waals surface area (Å²) in [5, 5.41) is 7.88. The van der Waals surface area contributed by atoms with Gasteiger partial charge in [0.2, 0.25) is 0 Å². The molecule has 0 fully saturated rings. The van der Waals surface area contributed by atoms with E-state index in [2.05, 4.69) is 10.4 Å². The highest BCUT2D eigenvalue weighted by Crippen LogP contribution is 2.32. The molecule has 0 bridgehead atoms. The van der Waals surface area contributed by atoms with E-state index in [-0.39, 0.29) is 18.3 Å². The van der Waals surface area contributed by atoms with Gasteiger partial charge >= 0.3 is 0 Å². The van der Waals surface area contributed by atoms with Gasteiger partial charge in [0.05, 0.1) is 24.3 Å². The van der Waals surface area contributed by atoms with Crippen LogP contribution in [0, 0.1) is 0 Å². The highest BCUT2D eigenvalue weighted by atomic mass is 35.5. The summed E-state index contributed by atoms with van der Waals surface area (Å²) in [6, 6.07) is 12.4. The third-order valence-corrected chi connectivity index (χ3v) is 4.88. The van der Waals surface area contributed by atoms with E-state index in [4.69, 9.17) is 37.4 Å². The Bertz CT molecular complexity index is 1000. The first-order chi connectivity index (χ1) is 14.5. The summed E-state index contributed by atoms with van der Waals surface area (Å²) in [6.45, 7) is 0.523. The number of carbonyl (C=O) groups excluding carboxylic acids is 1. The van der Waals surface area contributed by atoms with Crippen molar-refractivity contribution < 1.29 is 19.0 Å². The van der Waals surface area contributed by atoms with E-state index in [9.17, 15) is 4.79 Å². The van der Waals surface area contributed by atoms with Crippen molar-refractivity contribution in [2.75, 3.05) is 20.8 Å². The lowest BCUT2D eigenvalue weighted by Gasteiger charge is -2.10. The highest BCUT2D eigenvalue weighted by molar-refractivity contribution is 6.37. The molecule has 0 aliphatic heterocycles. The average Bonchev–Trinajstić information content (AvgIpc) is 3.22. The third kappa shape index (κ3) is 5.37. The Balaban J connectivity index is 1.51. The molecule has 0 saturated carbocycles. The van der Waals surface area contributed by atoms with Crippen LogP contribution in [0.4, 0.5) is 0 Å². The van der Waals surface area contributed by atoms with Crippen molar-refractivity contribution in [3.8, 4) is 17.2 Å². The summed E-state index contributed by atoms with van der Waals surface area (Å²) in [5.41, 5.74) is 1.31. The number of aromatic nitrogens is 2. The summed E-state index contributed by atoms with van der Waals surface area (Å²) in [5.74, 6) is 1.41. The van der Waals surface area contributed by atoms with Gasteiger partial charge in [-0.1, -0.05) is 35.3 Å². The molecular formula is C21H21Cl2N3O4. The number of ether oxygens (including phenoxy) is 3. The molecule has 1 aromatic heterocycles. The van der Waals surface area contributed by atoms with Crippen molar-refractivity contribution in [1.82, 2.24) is 15.1 Å². The minimum atomic E-state index is -0.273. The highest BCUT2D eigenvalue weighted by Gasteiger charge is 2.11. The van der Waals surface area contributed by atoms with Crippen LogP contribution in [0.5, 0.6) is 17.2 Å². The molecule has 2 aromatic carbocycles. The lowest BCUT2D eigenvalue weighted by atomic mass is 10.1. The zero-order valence-electron chi connectivity index (χ0n) is 16.5. The van der Waals surface area contributed by atoms with Crippen LogP contribution in [0.25, 0.3) is 0 Å². The Labute approximate surface area is 184 Å². The Morgan fingerprint density at radius 2 is 1.80 bits per heavy atom. The number of halogens is 2. The first kappa shape index (κ1) is 21.8. The fraction of sp³-hybridized carbons (Fsp3) is 0.238. The zero-order chi connectivity index (χ0) is 21.5. The molecule has 0 spiro atoms. The molecule has 0 unspecified atom stereocenters. The Hall–Kier alpha value is -2.90. The van der Waals surface area contributed by atoms with Gasteiger partial charge in [-0.25, -0.2) is 4.68 Å². The van der Waals surface area contributed by atoms with Gasteiger partial charge in [-0.15, -0.1) is 0 Å². The number of nitrogens with one attached hydrogen (secondary N) is 1. The lowest BCUT2D eigenvalue weighted by molar-refractivity contribution is 0.0947. The zero-order valence-corrected chi connectivity index (χ0v) is 18.0. The van der Waals surface area contributed by atoms with Crippen molar-refractivity contribution in [3.63, 3.8) is 0 Å². The molecule has 0 aliphatic carbocycles. The van der Waals surface area contributed by atoms with Crippen LogP contribution in [-0.4, -0.2) is 36.5 Å². The molecule has 0 atom stereocenters. The van der Waals surface area contributed by atoms with E-state index in [0.717, 1.165) is 5.56 Å². The molecule has 1 N–H and O–H groups in total. The molecule has 30 heavy (non-hydrogen) atoms. The van der Waals surface area contributed by atoms with Crippen molar-refractivity contribution in [3.05, 3.63) is 70.0 Å². The van der Waals surface area contributed by atoms with Crippen molar-refractivity contribution in [2.45, 2.75) is 13.2 Å². The molecular weight excluding hydrogens is 429 g/mol. The minimum absolute atomic E-state index is 0.0718. The van der Waals surface area contributed by atoms with Gasteiger partial charge in [-0.05, 0) is 42.3 Å². The Morgan fingerprint density at radius 3 is 2.50 bits per heavy atom. The monoisotopic (exact) mass is 449 g/mol. The predicted octanol–water partition coefficient (Wildman–Crippen LogP) is 4.22. The first-order valence-corrected chi connectivity index (χ1v) is 9.86. The maximum Gasteiger partial charge on any atom is 0.271 e. The second-order valence-electron chi connectivity index (χ2n) is 6.26. The van der Waals surface area contributed by atoms with Gasteiger partial charge in [-0.3, -0.25) is 4.79 Å². The smallest absolute Gasteiger partial charge is 0.271 e. The van der Waals surface area contributed by atoms with E-state index in [1.807, 2.05) is 18.2 Å². The fourth-order valence-corrected chi connectivity index (χ4v) is 3.26. The van der Waals surface area contributed by atoms with Gasteiger partial charge in [0, 0.05) is 12.7 Å². The van der Waals surface area contributed by atoms with E-state index < -0.39 is 0 Å². The topological polar surface area (TPSA) is 74.6 Å². The number of amides is 1. The van der Waals surface area contributed by atoms with Gasteiger partial charge < -0.3 is 19.5 Å². The maximum absolute atomic E-state index is 12.3. The first-order valence-electron chi connectivity index (χ1n) is 9.11. The van der Waals surface area contributed by atoms with Gasteiger partial charge in [0.15, 0.2) is 24.0 Å². The van der Waals surface area contributed by atoms with Crippen LogP contribution >= 0.6 is 23.2 Å². The molecule has 158 valence electrons. The number of benzene rings is 2. The van der Waals surface area contributed by atoms with Crippen LogP contribution in [-0.2, 0) is 13.2 Å². The molecule has 3 aromatic rings. The summed E-state index contributed by atoms with van der Waals surface area (Å²) < 4.78 is 17.6. The number of carbonyl (C=O) groups is 1. The minimum Gasteiger partial charge on any atom is -0.493 e. The standard InChI is InChI=1S/C21H21Cl2N3O4/c1-28-18-7-6-14(12-19(18)29-2)8-10-24-21(27)17-9-11-26(25-17)13-30-20-15(22)4-3-5-16(20)23/h3-7,9,11-12H,8,10,13H2,1-2H3,(H,24,27). The van der Waals surface area contributed by atoms with Crippen molar-refractivity contribution in [1.29, 1.82) is 0 Å². The molecule has 9 heteroatoms. The molecule has 0 saturated heterocycles. The molecule has 0 radical (unpaired) electrons. The predicted molar refractivity (Wildman–Crippen MR) is 115 cm³/mol. The largest absolute Gasteiger partial charge is 0.493 e. The molecule has 1 amide bonds. The molecule has 7 nitrogen and oxygen atoms in total. The van der Waals surface area contributed by atoms with Gasteiger partial charge in [0.25, 0.3) is 5.91 Å². The second-order valence-corrected chi connectivity index (χ2v) is 7.07. The van der Waals surface area contributed by atoms with E-state index in [0.29, 0.717) is 40.3 Å². The van der Waals surface area contributed by atoms with E-state index in [1.54, 1.807) is 44.7 Å². The van der Waals surface area contributed by atoms with Crippen molar-refractivity contribution >= 4 is 29.1 Å². The van der Waals surface area contributed by atoms with Gasteiger partial charge in [-0.2, -0.15) is 5.10 Å². The number of methoxy groups -OCH3 is 2. The number of nitrogens with zero attached hydrogens (tertiary/aromatic N) is 2. The van der Waals surface area contributed by atoms with Crippen LogP contribution in [0.1, 0.15) is 16.1 Å². The third-order valence-electron chi connectivity index (χ3n) is 4.28.